The van der Waals surface area contributed by atoms with Crippen LogP contribution in [0.15, 0.2) is 0 Å². The molecule has 1 aliphatic heterocycles. The summed E-state index contributed by atoms with van der Waals surface area (Å²) < 4.78 is 9.93. The second kappa shape index (κ2) is 7.96. The first-order valence-electron chi connectivity index (χ1n) is 6.37. The van der Waals surface area contributed by atoms with Gasteiger partial charge in [0.05, 0.1) is 12.2 Å². The average molecular weight is 279 g/mol. The minimum atomic E-state index is 0.533. The lowest BCUT2D eigenvalue weighted by molar-refractivity contribution is 0.357. The van der Waals surface area contributed by atoms with Crippen LogP contribution in [0.25, 0.3) is 0 Å². The molecule has 0 bridgehead atoms. The highest BCUT2D eigenvalue weighted by molar-refractivity contribution is 7.23. The molecule has 1 heterocycles. The quantitative estimate of drug-likeness (QED) is 0.331. The van der Waals surface area contributed by atoms with Crippen LogP contribution in [-0.2, 0) is 9.16 Å². The molecule has 90 valence electrons. The van der Waals surface area contributed by atoms with E-state index in [9.17, 15) is 0 Å². The second-order valence-electron chi connectivity index (χ2n) is 4.80. The van der Waals surface area contributed by atoms with E-state index in [0.29, 0.717) is 23.7 Å². The van der Waals surface area contributed by atoms with Crippen molar-refractivity contribution in [3.05, 3.63) is 0 Å². The third-order valence-electron chi connectivity index (χ3n) is 3.33. The Morgan fingerprint density at radius 2 is 2.13 bits per heavy atom. The minimum Gasteiger partial charge on any atom is -0.431 e. The van der Waals surface area contributed by atoms with Gasteiger partial charge in [-0.05, 0) is 43.5 Å². The molecule has 3 unspecified atom stereocenters. The van der Waals surface area contributed by atoms with Crippen molar-refractivity contribution >= 4 is 37.8 Å². The lowest BCUT2D eigenvalue weighted by atomic mass is 9.88. The topological polar surface area (TPSA) is 21.8 Å². The largest absolute Gasteiger partial charge is 0.431 e. The molecule has 0 spiro atoms. The van der Waals surface area contributed by atoms with Gasteiger partial charge in [0.1, 0.15) is 10.5 Å². The van der Waals surface area contributed by atoms with Gasteiger partial charge in [-0.15, -0.1) is 0 Å². The highest BCUT2D eigenvalue weighted by Crippen LogP contribution is 2.40. The monoisotopic (exact) mass is 278 g/mol. The number of ether oxygens (including phenoxy) is 1. The molecule has 0 radical (unpaired) electrons. The van der Waals surface area contributed by atoms with Gasteiger partial charge >= 0.3 is 0 Å². The Bertz CT molecular complexity index is 170. The van der Waals surface area contributed by atoms with Gasteiger partial charge in [0, 0.05) is 16.1 Å². The Morgan fingerprint density at radius 1 is 1.40 bits per heavy atom. The molecule has 0 aromatic heterocycles. The van der Waals surface area contributed by atoms with E-state index in [1.54, 1.807) is 29.3 Å². The fourth-order valence-corrected chi connectivity index (χ4v) is 10.7. The van der Waals surface area contributed by atoms with E-state index >= 15 is 0 Å². The molecule has 2 rings (SSSR count). The van der Waals surface area contributed by atoms with Crippen LogP contribution < -0.4 is 0 Å². The van der Waals surface area contributed by atoms with Crippen LogP contribution in [0, 0.1) is 5.92 Å². The summed E-state index contributed by atoms with van der Waals surface area (Å²) in [6.45, 7) is 0. The van der Waals surface area contributed by atoms with Crippen molar-refractivity contribution in [3.63, 3.8) is 0 Å². The third-order valence-corrected chi connectivity index (χ3v) is 14.9. The first kappa shape index (κ1) is 13.9. The molecule has 0 amide bonds. The van der Waals surface area contributed by atoms with Gasteiger partial charge < -0.3 is 9.16 Å². The number of fused-ring (bicyclic) bond motifs is 1. The summed E-state index contributed by atoms with van der Waals surface area (Å²) in [6.07, 6.45) is 7.30. The van der Waals surface area contributed by atoms with Crippen LogP contribution >= 0.6 is 0 Å². The summed E-state index contributed by atoms with van der Waals surface area (Å²) in [5, 5.41) is 0. The zero-order chi connectivity index (χ0) is 11.1. The molecular weight excluding hydrogens is 252 g/mol. The fourth-order valence-electron chi connectivity index (χ4n) is 2.43. The van der Waals surface area contributed by atoms with Crippen LogP contribution in [0.1, 0.15) is 25.7 Å². The third kappa shape index (κ3) is 5.60. The predicted octanol–water partition coefficient (Wildman–Crippen LogP) is -2.19. The first-order valence-corrected chi connectivity index (χ1v) is 17.8. The molecule has 15 heavy (non-hydrogen) atoms. The maximum Gasteiger partial charge on any atom is 0.145 e. The Kier molecular flexibility index (Phi) is 7.35. The van der Waals surface area contributed by atoms with Crippen LogP contribution in [0.5, 0.6) is 0 Å². The minimum absolute atomic E-state index is 0.533. The number of epoxide rings is 1. The SMILES string of the molecule is CO[SiH3].[SiH3][SiH2][SiH2]CCC1CCC2OC2C1. The van der Waals surface area contributed by atoms with Crippen molar-refractivity contribution in [3.8, 4) is 0 Å². The standard InChI is InChI=1S/C8H20OSi3.CH6OSi/c10-12-11-4-3-6-1-2-7-8(5-6)9-7;1-2-3/h6-8H,1-5,11-12H2,10H3;1,3H3. The second-order valence-corrected chi connectivity index (χ2v) is 22.1. The summed E-state index contributed by atoms with van der Waals surface area (Å²) in [5.74, 6) is 1.07. The highest BCUT2D eigenvalue weighted by Gasteiger charge is 2.43. The van der Waals surface area contributed by atoms with Crippen LogP contribution in [0.3, 0.4) is 0 Å². The molecule has 0 aromatic rings. The molecule has 2 nitrogen and oxygen atoms in total. The smallest absolute Gasteiger partial charge is 0.145 e. The molecule has 3 atom stereocenters. The number of hydrogen-bond donors (Lipinski definition) is 0. The van der Waals surface area contributed by atoms with E-state index < -0.39 is 0 Å². The van der Waals surface area contributed by atoms with E-state index in [-0.39, 0.29) is 0 Å². The van der Waals surface area contributed by atoms with Gasteiger partial charge in [0.2, 0.25) is 0 Å². The molecule has 2 fully saturated rings. The summed E-state index contributed by atoms with van der Waals surface area (Å²) >= 11 is 0. The molecular formula is C9H26O2Si4. The van der Waals surface area contributed by atoms with E-state index in [0.717, 1.165) is 22.5 Å². The molecule has 0 N–H and O–H groups in total. The van der Waals surface area contributed by atoms with Crippen molar-refractivity contribution in [1.82, 2.24) is 0 Å². The summed E-state index contributed by atoms with van der Waals surface area (Å²) in [6, 6.07) is 1.68. The Hall–Kier alpha value is 0.788. The number of hydrogen-bond acceptors (Lipinski definition) is 2. The molecule has 1 saturated heterocycles. The average Bonchev–Trinajstić information content (AvgIpc) is 2.97. The fraction of sp³-hybridized carbons (Fsp3) is 1.00. The van der Waals surface area contributed by atoms with Crippen molar-refractivity contribution in [1.29, 1.82) is 0 Å². The Balaban J connectivity index is 0.000000337. The highest BCUT2D eigenvalue weighted by atomic mass is 29.5. The van der Waals surface area contributed by atoms with Crippen LogP contribution in [0.2, 0.25) is 6.04 Å². The van der Waals surface area contributed by atoms with Crippen LogP contribution in [0.4, 0.5) is 0 Å². The molecule has 6 heteroatoms. The van der Waals surface area contributed by atoms with Crippen molar-refractivity contribution in [2.45, 2.75) is 43.9 Å². The zero-order valence-corrected chi connectivity index (χ0v) is 17.3. The van der Waals surface area contributed by atoms with Gasteiger partial charge in [0.25, 0.3) is 0 Å². The summed E-state index contributed by atoms with van der Waals surface area (Å²) in [5.41, 5.74) is 0. The molecule has 1 saturated carbocycles. The van der Waals surface area contributed by atoms with Gasteiger partial charge in [-0.25, -0.2) is 0 Å². The van der Waals surface area contributed by atoms with E-state index in [4.69, 9.17) is 4.74 Å². The normalized spacial score (nSPS) is 34.6. The predicted molar refractivity (Wildman–Crippen MR) is 79.4 cm³/mol. The van der Waals surface area contributed by atoms with E-state index in [1.165, 1.54) is 19.3 Å². The Morgan fingerprint density at radius 3 is 2.73 bits per heavy atom. The maximum absolute atomic E-state index is 5.54. The van der Waals surface area contributed by atoms with Crippen molar-refractivity contribution in [2.24, 2.45) is 5.92 Å². The maximum atomic E-state index is 5.54. The van der Waals surface area contributed by atoms with Gasteiger partial charge in [-0.1, -0.05) is 12.5 Å². The van der Waals surface area contributed by atoms with Gasteiger partial charge in [-0.2, -0.15) is 0 Å². The zero-order valence-electron chi connectivity index (χ0n) is 10.5. The molecule has 0 aromatic carbocycles. The van der Waals surface area contributed by atoms with E-state index in [1.807, 2.05) is 0 Å². The van der Waals surface area contributed by atoms with E-state index in [2.05, 4.69) is 4.43 Å². The van der Waals surface area contributed by atoms with Crippen molar-refractivity contribution < 1.29 is 9.16 Å². The Labute approximate surface area is 104 Å². The van der Waals surface area contributed by atoms with Crippen molar-refractivity contribution in [2.75, 3.05) is 7.11 Å². The first-order chi connectivity index (χ1) is 7.31. The summed E-state index contributed by atoms with van der Waals surface area (Å²) in [4.78, 5) is 0. The molecule has 1 aliphatic carbocycles. The number of rotatable bonds is 4. The summed E-state index contributed by atoms with van der Waals surface area (Å²) in [7, 11) is 5.30. The lowest BCUT2D eigenvalue weighted by Gasteiger charge is -2.18. The van der Waals surface area contributed by atoms with Crippen LogP contribution in [-0.4, -0.2) is 57.2 Å². The van der Waals surface area contributed by atoms with Gasteiger partial charge in [0.15, 0.2) is 0 Å². The van der Waals surface area contributed by atoms with Gasteiger partial charge in [-0.3, -0.25) is 0 Å². The molecule has 2 aliphatic rings. The lowest BCUT2D eigenvalue weighted by Crippen LogP contribution is -2.14.